The maximum Gasteiger partial charge on any atom is 0.264 e. The lowest BCUT2D eigenvalue weighted by Gasteiger charge is -2.14. The van der Waals surface area contributed by atoms with Crippen LogP contribution in [0.25, 0.3) is 0 Å². The van der Waals surface area contributed by atoms with E-state index in [0.29, 0.717) is 0 Å². The number of rotatable bonds is 7. The maximum atomic E-state index is 12.5. The summed E-state index contributed by atoms with van der Waals surface area (Å²) in [6, 6.07) is 4.19. The molecule has 2 aromatic rings. The first-order valence-corrected chi connectivity index (χ1v) is 9.35. The summed E-state index contributed by atoms with van der Waals surface area (Å²) in [6.45, 7) is 0.0305. The summed E-state index contributed by atoms with van der Waals surface area (Å²) < 4.78 is 32.3. The lowest BCUT2D eigenvalue weighted by Crippen LogP contribution is -2.17. The highest BCUT2D eigenvalue weighted by Crippen LogP contribution is 2.32. The van der Waals surface area contributed by atoms with Crippen molar-refractivity contribution in [2.24, 2.45) is 0 Å². The van der Waals surface area contributed by atoms with Gasteiger partial charge in [-0.15, -0.1) is 0 Å². The number of methoxy groups -OCH3 is 1. The maximum absolute atomic E-state index is 12.5. The van der Waals surface area contributed by atoms with E-state index in [1.165, 1.54) is 25.3 Å². The van der Waals surface area contributed by atoms with Crippen LogP contribution in [0.4, 0.5) is 11.6 Å². The summed E-state index contributed by atoms with van der Waals surface area (Å²) in [5.74, 6) is -0.207. The monoisotopic (exact) mass is 426 g/mol. The van der Waals surface area contributed by atoms with E-state index in [2.05, 4.69) is 20.0 Å². The van der Waals surface area contributed by atoms with E-state index in [0.717, 1.165) is 0 Å². The van der Waals surface area contributed by atoms with E-state index in [1.54, 1.807) is 0 Å². The fourth-order valence-electron chi connectivity index (χ4n) is 1.77. The minimum Gasteiger partial charge on any atom is -0.478 e. The van der Waals surface area contributed by atoms with E-state index in [1.807, 2.05) is 0 Å². The van der Waals surface area contributed by atoms with Crippen molar-refractivity contribution in [2.75, 3.05) is 30.3 Å². The van der Waals surface area contributed by atoms with Crippen molar-refractivity contribution in [3.63, 3.8) is 0 Å². The van der Waals surface area contributed by atoms with Gasteiger partial charge in [-0.25, -0.2) is 13.4 Å². The average molecular weight is 428 g/mol. The zero-order valence-corrected chi connectivity index (χ0v) is 15.8. The molecule has 0 fully saturated rings. The number of sulfonamides is 1. The molecule has 0 saturated carbocycles. The van der Waals surface area contributed by atoms with Crippen LogP contribution in [-0.4, -0.2) is 43.8 Å². The molecule has 0 bridgehead atoms. The van der Waals surface area contributed by atoms with E-state index >= 15 is 0 Å². The number of aliphatic hydroxyl groups is 1. The Labute approximate surface area is 159 Å². The average Bonchev–Trinajstić information content (AvgIpc) is 2.56. The molecule has 0 aliphatic heterocycles. The van der Waals surface area contributed by atoms with Gasteiger partial charge in [-0.1, -0.05) is 40.9 Å². The molecule has 0 aliphatic rings. The highest BCUT2D eigenvalue weighted by atomic mass is 35.5. The van der Waals surface area contributed by atoms with Gasteiger partial charge in [0.2, 0.25) is 5.82 Å². The first-order valence-electron chi connectivity index (χ1n) is 6.73. The number of aromatic nitrogens is 2. The van der Waals surface area contributed by atoms with Gasteiger partial charge in [0, 0.05) is 6.54 Å². The third-order valence-corrected chi connectivity index (χ3v) is 5.43. The molecule has 0 atom stereocenters. The minimum atomic E-state index is -4.11. The van der Waals surface area contributed by atoms with Crippen LogP contribution >= 0.6 is 34.8 Å². The number of nitrogens with zero attached hydrogens (tertiary/aromatic N) is 2. The van der Waals surface area contributed by atoms with Crippen molar-refractivity contribution in [3.8, 4) is 5.88 Å². The Kier molecular flexibility index (Phi) is 6.53. The molecule has 2 rings (SSSR count). The Bertz CT molecular complexity index is 880. The highest BCUT2D eigenvalue weighted by molar-refractivity contribution is 7.92. The number of hydrogen-bond donors (Lipinski definition) is 3. The van der Waals surface area contributed by atoms with Gasteiger partial charge in [0.15, 0.2) is 11.0 Å². The van der Waals surface area contributed by atoms with E-state index < -0.39 is 10.0 Å². The summed E-state index contributed by atoms with van der Waals surface area (Å²) >= 11 is 17.8. The van der Waals surface area contributed by atoms with E-state index in [9.17, 15) is 8.42 Å². The largest absolute Gasteiger partial charge is 0.478 e. The van der Waals surface area contributed by atoms with Gasteiger partial charge in [0.1, 0.15) is 4.90 Å². The molecule has 0 amide bonds. The molecule has 0 radical (unpaired) electrons. The van der Waals surface area contributed by atoms with E-state index in [-0.39, 0.29) is 50.8 Å². The summed E-state index contributed by atoms with van der Waals surface area (Å²) in [4.78, 5) is 7.72. The normalized spacial score (nSPS) is 11.2. The Morgan fingerprint density at radius 3 is 2.56 bits per heavy atom. The molecule has 3 N–H and O–H groups in total. The summed E-state index contributed by atoms with van der Waals surface area (Å²) in [7, 11) is -2.82. The summed E-state index contributed by atoms with van der Waals surface area (Å²) in [5.41, 5.74) is 0. The quantitative estimate of drug-likeness (QED) is 0.622. The van der Waals surface area contributed by atoms with Crippen molar-refractivity contribution >= 4 is 56.5 Å². The lowest BCUT2D eigenvalue weighted by atomic mass is 10.4. The Balaban J connectivity index is 2.41. The molecule has 8 nitrogen and oxygen atoms in total. The number of halogens is 3. The number of benzene rings is 1. The molecule has 1 aromatic carbocycles. The van der Waals surface area contributed by atoms with Crippen molar-refractivity contribution < 1.29 is 18.3 Å². The second-order valence-corrected chi connectivity index (χ2v) is 7.32. The van der Waals surface area contributed by atoms with Crippen molar-refractivity contribution in [2.45, 2.75) is 4.90 Å². The van der Waals surface area contributed by atoms with Gasteiger partial charge < -0.3 is 15.2 Å². The minimum absolute atomic E-state index is 0.0872. The lowest BCUT2D eigenvalue weighted by molar-refractivity contribution is 0.311. The van der Waals surface area contributed by atoms with Crippen LogP contribution in [0.1, 0.15) is 0 Å². The fraction of sp³-hybridized carbons (Fsp3) is 0.231. The van der Waals surface area contributed by atoms with Crippen molar-refractivity contribution in [1.29, 1.82) is 0 Å². The zero-order valence-electron chi connectivity index (χ0n) is 12.8. The second kappa shape index (κ2) is 8.24. The molecule has 1 aromatic heterocycles. The molecule has 0 saturated heterocycles. The van der Waals surface area contributed by atoms with Crippen LogP contribution in [0.15, 0.2) is 23.1 Å². The van der Waals surface area contributed by atoms with Crippen molar-refractivity contribution in [1.82, 2.24) is 9.97 Å². The van der Waals surface area contributed by atoms with E-state index in [4.69, 9.17) is 44.6 Å². The number of aliphatic hydroxyl groups excluding tert-OH is 1. The van der Waals surface area contributed by atoms with Crippen LogP contribution in [0.2, 0.25) is 15.2 Å². The van der Waals surface area contributed by atoms with Gasteiger partial charge in [0.05, 0.1) is 23.8 Å². The zero-order chi connectivity index (χ0) is 18.6. The van der Waals surface area contributed by atoms with Crippen LogP contribution in [0.5, 0.6) is 5.88 Å². The first kappa shape index (κ1) is 19.8. The molecule has 0 spiro atoms. The number of anilines is 2. The molecular formula is C13H13Cl3N4O4S. The molecule has 1 heterocycles. The smallest absolute Gasteiger partial charge is 0.264 e. The van der Waals surface area contributed by atoms with Gasteiger partial charge in [-0.3, -0.25) is 4.72 Å². The molecule has 0 unspecified atom stereocenters. The highest BCUT2D eigenvalue weighted by Gasteiger charge is 2.23. The predicted octanol–water partition coefficient (Wildman–Crippen LogP) is 2.65. The molecule has 136 valence electrons. The summed E-state index contributed by atoms with van der Waals surface area (Å²) in [6.07, 6.45) is 0. The topological polar surface area (TPSA) is 113 Å². The van der Waals surface area contributed by atoms with Gasteiger partial charge in [-0.2, -0.15) is 4.98 Å². The fourth-order valence-corrected chi connectivity index (χ4v) is 3.72. The van der Waals surface area contributed by atoms with Crippen LogP contribution < -0.4 is 14.8 Å². The van der Waals surface area contributed by atoms with Crippen LogP contribution in [-0.2, 0) is 10.0 Å². The molecule has 12 heteroatoms. The Morgan fingerprint density at radius 1 is 1.20 bits per heavy atom. The number of ether oxygens (including phenoxy) is 1. The first-order chi connectivity index (χ1) is 11.8. The third kappa shape index (κ3) is 4.56. The third-order valence-electron chi connectivity index (χ3n) is 2.86. The van der Waals surface area contributed by atoms with Gasteiger partial charge in [0.25, 0.3) is 15.9 Å². The van der Waals surface area contributed by atoms with Crippen molar-refractivity contribution in [3.05, 3.63) is 33.4 Å². The standard InChI is InChI=1S/C13H13Cl3N4O4S/c1-24-13-12(18-10(16)11(19-13)17-5-6-21)20-25(22,23)8-4-2-3-7(14)9(8)15/h2-4,21H,5-6H2,1H3,(H,17,19)(H,18,20). The number of nitrogens with one attached hydrogen (secondary N) is 2. The summed E-state index contributed by atoms with van der Waals surface area (Å²) in [5, 5.41) is 11.4. The molecular weight excluding hydrogens is 415 g/mol. The van der Waals surface area contributed by atoms with Crippen LogP contribution in [0.3, 0.4) is 0 Å². The van der Waals surface area contributed by atoms with Gasteiger partial charge >= 0.3 is 0 Å². The molecule has 0 aliphatic carbocycles. The Morgan fingerprint density at radius 2 is 1.92 bits per heavy atom. The van der Waals surface area contributed by atoms with Crippen LogP contribution in [0, 0.1) is 0 Å². The SMILES string of the molecule is COc1nc(NCCO)c(Cl)nc1NS(=O)(=O)c1cccc(Cl)c1Cl. The predicted molar refractivity (Wildman–Crippen MR) is 96.4 cm³/mol. The second-order valence-electron chi connectivity index (χ2n) is 4.53. The molecule has 25 heavy (non-hydrogen) atoms. The van der Waals surface area contributed by atoms with Gasteiger partial charge in [-0.05, 0) is 12.1 Å². The Hall–Kier alpha value is -1.52. The number of hydrogen-bond acceptors (Lipinski definition) is 7.